The van der Waals surface area contributed by atoms with Gasteiger partial charge in [-0.05, 0) is 59.7 Å². The maximum atomic E-state index is 12.6. The van der Waals surface area contributed by atoms with Gasteiger partial charge in [0.05, 0.1) is 17.8 Å². The van der Waals surface area contributed by atoms with Crippen molar-refractivity contribution >= 4 is 5.71 Å². The second kappa shape index (κ2) is 10.0. The van der Waals surface area contributed by atoms with E-state index in [2.05, 4.69) is 20.6 Å². The molecule has 0 spiro atoms. The zero-order chi connectivity index (χ0) is 22.3. The molecule has 0 saturated heterocycles. The molecular formula is C20H21F3N6O2. The lowest BCUT2D eigenvalue weighted by Gasteiger charge is -2.08. The van der Waals surface area contributed by atoms with E-state index in [4.69, 9.17) is 15.3 Å². The number of nitrogens with zero attached hydrogens (tertiary/aromatic N) is 5. The quantitative estimate of drug-likeness (QED) is 0.410. The van der Waals surface area contributed by atoms with E-state index in [0.717, 1.165) is 17.7 Å². The highest BCUT2D eigenvalue weighted by atomic mass is 19.4. The number of ether oxygens (including phenoxy) is 1. The maximum absolute atomic E-state index is 12.6. The molecule has 0 saturated carbocycles. The minimum absolute atomic E-state index is 0.0640. The van der Waals surface area contributed by atoms with E-state index in [0.29, 0.717) is 35.9 Å². The molecule has 3 aromatic rings. The van der Waals surface area contributed by atoms with Crippen molar-refractivity contribution in [2.45, 2.75) is 32.9 Å². The second-order valence-electron chi connectivity index (χ2n) is 6.55. The number of benzene rings is 2. The van der Waals surface area contributed by atoms with E-state index in [1.165, 1.54) is 16.9 Å². The van der Waals surface area contributed by atoms with Crippen LogP contribution in [0.25, 0.3) is 0 Å². The number of oxime groups is 1. The molecule has 0 amide bonds. The number of hydrogen-bond acceptors (Lipinski definition) is 7. The summed E-state index contributed by atoms with van der Waals surface area (Å²) in [5.74, 6) is 1.07. The van der Waals surface area contributed by atoms with Crippen molar-refractivity contribution in [2.75, 3.05) is 6.54 Å². The molecule has 2 aromatic carbocycles. The van der Waals surface area contributed by atoms with Gasteiger partial charge in [0.1, 0.15) is 12.4 Å². The minimum Gasteiger partial charge on any atom is -0.485 e. The monoisotopic (exact) mass is 434 g/mol. The summed E-state index contributed by atoms with van der Waals surface area (Å²) in [6.45, 7) is 2.92. The average molecular weight is 434 g/mol. The van der Waals surface area contributed by atoms with Crippen LogP contribution in [0.3, 0.4) is 0 Å². The molecule has 164 valence electrons. The van der Waals surface area contributed by atoms with Gasteiger partial charge < -0.3 is 15.3 Å². The predicted molar refractivity (Wildman–Crippen MR) is 106 cm³/mol. The van der Waals surface area contributed by atoms with Gasteiger partial charge in [0.25, 0.3) is 0 Å². The topological polar surface area (TPSA) is 100 Å². The van der Waals surface area contributed by atoms with Gasteiger partial charge in [-0.2, -0.15) is 18.0 Å². The Morgan fingerprint density at radius 3 is 2.42 bits per heavy atom. The second-order valence-corrected chi connectivity index (χ2v) is 6.55. The van der Waals surface area contributed by atoms with Crippen molar-refractivity contribution in [3.05, 3.63) is 71.0 Å². The van der Waals surface area contributed by atoms with Crippen molar-refractivity contribution in [3.63, 3.8) is 0 Å². The molecule has 0 radical (unpaired) electrons. The Hall–Kier alpha value is -3.47. The van der Waals surface area contributed by atoms with E-state index in [1.807, 2.05) is 12.1 Å². The average Bonchev–Trinajstić information content (AvgIpc) is 3.20. The third-order valence-electron chi connectivity index (χ3n) is 4.18. The van der Waals surface area contributed by atoms with Gasteiger partial charge in [-0.3, -0.25) is 0 Å². The number of hydrogen-bond donors (Lipinski definition) is 1. The van der Waals surface area contributed by atoms with Crippen LogP contribution in [0.5, 0.6) is 5.75 Å². The zero-order valence-corrected chi connectivity index (χ0v) is 16.7. The summed E-state index contributed by atoms with van der Waals surface area (Å²) in [7, 11) is 0. The Morgan fingerprint density at radius 1 is 1.06 bits per heavy atom. The largest absolute Gasteiger partial charge is 0.485 e. The van der Waals surface area contributed by atoms with Gasteiger partial charge in [-0.1, -0.05) is 17.3 Å². The maximum Gasteiger partial charge on any atom is 0.416 e. The van der Waals surface area contributed by atoms with E-state index < -0.39 is 11.7 Å². The van der Waals surface area contributed by atoms with E-state index in [1.54, 1.807) is 19.1 Å². The highest BCUT2D eigenvalue weighted by Gasteiger charge is 2.29. The first kappa shape index (κ1) is 22.2. The van der Waals surface area contributed by atoms with Gasteiger partial charge in [0.2, 0.25) is 5.82 Å². The molecule has 0 fully saturated rings. The highest BCUT2D eigenvalue weighted by molar-refractivity contribution is 5.98. The van der Waals surface area contributed by atoms with Gasteiger partial charge in [0, 0.05) is 6.54 Å². The van der Waals surface area contributed by atoms with Crippen LogP contribution in [0.1, 0.15) is 29.4 Å². The van der Waals surface area contributed by atoms with Crippen molar-refractivity contribution in [3.8, 4) is 5.75 Å². The highest BCUT2D eigenvalue weighted by Crippen LogP contribution is 2.29. The van der Waals surface area contributed by atoms with Crippen LogP contribution in [0.2, 0.25) is 0 Å². The summed E-state index contributed by atoms with van der Waals surface area (Å²) in [4.78, 5) is 6.67. The third-order valence-corrected chi connectivity index (χ3v) is 4.18. The molecule has 2 N–H and O–H groups in total. The zero-order valence-electron chi connectivity index (χ0n) is 16.7. The van der Waals surface area contributed by atoms with Gasteiger partial charge in [-0.15, -0.1) is 10.2 Å². The molecule has 0 atom stereocenters. The number of halogens is 3. The van der Waals surface area contributed by atoms with Crippen LogP contribution in [0.15, 0.2) is 53.7 Å². The molecule has 11 heteroatoms. The van der Waals surface area contributed by atoms with Crippen LogP contribution in [-0.2, 0) is 30.8 Å². The van der Waals surface area contributed by atoms with E-state index in [9.17, 15) is 13.2 Å². The smallest absolute Gasteiger partial charge is 0.416 e. The number of aromatic nitrogens is 4. The molecule has 0 unspecified atom stereocenters. The van der Waals surface area contributed by atoms with Crippen LogP contribution < -0.4 is 10.5 Å². The normalized spacial score (nSPS) is 12.1. The van der Waals surface area contributed by atoms with Crippen molar-refractivity contribution in [1.29, 1.82) is 0 Å². The van der Waals surface area contributed by atoms with Crippen LogP contribution >= 0.6 is 0 Å². The molecule has 3 rings (SSSR count). The van der Waals surface area contributed by atoms with E-state index >= 15 is 0 Å². The number of tetrazole rings is 1. The molecular weight excluding hydrogens is 413 g/mol. The molecule has 1 aromatic heterocycles. The molecule has 8 nitrogen and oxygen atoms in total. The Morgan fingerprint density at radius 2 is 1.77 bits per heavy atom. The number of rotatable bonds is 9. The fourth-order valence-electron chi connectivity index (χ4n) is 2.53. The Balaban J connectivity index is 1.49. The fraction of sp³-hybridized carbons (Fsp3) is 0.300. The van der Waals surface area contributed by atoms with Crippen molar-refractivity contribution in [1.82, 2.24) is 20.2 Å². The van der Waals surface area contributed by atoms with E-state index in [-0.39, 0.29) is 13.2 Å². The Labute approximate surface area is 176 Å². The SMILES string of the molecule is CC(=NOCc1ccc(C(F)(F)F)cc1)c1ccc(OCc2nnn(CCN)n2)cc1. The van der Waals surface area contributed by atoms with Crippen molar-refractivity contribution < 1.29 is 22.7 Å². The molecule has 0 bridgehead atoms. The standard InChI is InChI=1S/C20H21F3N6O2/c1-14(27-31-12-15-2-6-17(7-3-15)20(21,22)23)16-4-8-18(9-5-16)30-13-19-25-28-29(26-19)11-10-24/h2-9H,10-13,24H2,1H3. The lowest BCUT2D eigenvalue weighted by atomic mass is 10.1. The Kier molecular flexibility index (Phi) is 7.19. The fourth-order valence-corrected chi connectivity index (χ4v) is 2.53. The lowest BCUT2D eigenvalue weighted by Crippen LogP contribution is -2.12. The minimum atomic E-state index is -4.36. The first-order valence-electron chi connectivity index (χ1n) is 9.38. The summed E-state index contributed by atoms with van der Waals surface area (Å²) >= 11 is 0. The summed E-state index contributed by atoms with van der Waals surface area (Å²) < 4.78 is 43.4. The number of alkyl halides is 3. The van der Waals surface area contributed by atoms with Crippen molar-refractivity contribution in [2.24, 2.45) is 10.9 Å². The number of nitrogens with two attached hydrogens (primary N) is 1. The molecule has 1 heterocycles. The summed E-state index contributed by atoms with van der Waals surface area (Å²) in [6, 6.07) is 11.9. The summed E-state index contributed by atoms with van der Waals surface area (Å²) in [5, 5.41) is 15.9. The lowest BCUT2D eigenvalue weighted by molar-refractivity contribution is -0.137. The Bertz CT molecular complexity index is 1000. The van der Waals surface area contributed by atoms with Gasteiger partial charge in [0.15, 0.2) is 6.61 Å². The molecule has 31 heavy (non-hydrogen) atoms. The molecule has 0 aliphatic rings. The van der Waals surface area contributed by atoms with Gasteiger partial charge in [-0.25, -0.2) is 0 Å². The van der Waals surface area contributed by atoms with Crippen LogP contribution in [-0.4, -0.2) is 32.5 Å². The van der Waals surface area contributed by atoms with Gasteiger partial charge >= 0.3 is 6.18 Å². The molecule has 0 aliphatic heterocycles. The summed E-state index contributed by atoms with van der Waals surface area (Å²) in [6.07, 6.45) is -4.36. The first-order chi connectivity index (χ1) is 14.8. The van der Waals surface area contributed by atoms with Crippen LogP contribution in [0, 0.1) is 0 Å². The summed E-state index contributed by atoms with van der Waals surface area (Å²) in [5.41, 5.74) is 6.75. The third kappa shape index (κ3) is 6.51. The molecule has 0 aliphatic carbocycles. The first-order valence-corrected chi connectivity index (χ1v) is 9.38. The predicted octanol–water partition coefficient (Wildman–Crippen LogP) is 3.17. The van der Waals surface area contributed by atoms with Crippen LogP contribution in [0.4, 0.5) is 13.2 Å².